The molecule has 0 fully saturated rings. The molecule has 2 rings (SSSR count). The van der Waals surface area contributed by atoms with Crippen LogP contribution in [0, 0.1) is 5.92 Å². The second-order valence-corrected chi connectivity index (χ2v) is 7.05. The number of nitrogens with two attached hydrogens (primary N) is 1. The minimum Gasteiger partial charge on any atom is -0.366 e. The Labute approximate surface area is 150 Å². The SMILES string of the molecule is CC(=O)NC(C(=O)Nc1sc(-c2ccccc2)cc1C(N)=O)C(C)C. The van der Waals surface area contributed by atoms with Crippen molar-refractivity contribution in [2.45, 2.75) is 26.8 Å². The first kappa shape index (κ1) is 18.7. The van der Waals surface area contributed by atoms with Crippen molar-refractivity contribution in [2.75, 3.05) is 5.32 Å². The van der Waals surface area contributed by atoms with Gasteiger partial charge in [-0.25, -0.2) is 0 Å². The molecule has 7 heteroatoms. The lowest BCUT2D eigenvalue weighted by Crippen LogP contribution is -2.46. The van der Waals surface area contributed by atoms with Crippen LogP contribution in [-0.2, 0) is 9.59 Å². The van der Waals surface area contributed by atoms with Crippen molar-refractivity contribution < 1.29 is 14.4 Å². The Balaban J connectivity index is 2.31. The van der Waals surface area contributed by atoms with Crippen molar-refractivity contribution in [1.29, 1.82) is 0 Å². The van der Waals surface area contributed by atoms with Gasteiger partial charge in [0.1, 0.15) is 11.0 Å². The number of amides is 3. The number of carbonyl (C=O) groups excluding carboxylic acids is 3. The van der Waals surface area contributed by atoms with Crippen LogP contribution in [0.4, 0.5) is 5.00 Å². The molecular formula is C18H21N3O3S. The quantitative estimate of drug-likeness (QED) is 0.739. The zero-order chi connectivity index (χ0) is 18.6. The van der Waals surface area contributed by atoms with Crippen molar-refractivity contribution in [3.8, 4) is 10.4 Å². The van der Waals surface area contributed by atoms with Gasteiger partial charge < -0.3 is 16.4 Å². The lowest BCUT2D eigenvalue weighted by Gasteiger charge is -2.20. The van der Waals surface area contributed by atoms with Gasteiger partial charge in [-0.2, -0.15) is 0 Å². The van der Waals surface area contributed by atoms with E-state index in [2.05, 4.69) is 10.6 Å². The Kier molecular flexibility index (Phi) is 5.93. The molecule has 1 atom stereocenters. The maximum atomic E-state index is 12.5. The normalized spacial score (nSPS) is 11.8. The summed E-state index contributed by atoms with van der Waals surface area (Å²) >= 11 is 1.27. The molecule has 6 nitrogen and oxygen atoms in total. The van der Waals surface area contributed by atoms with Gasteiger partial charge in [0, 0.05) is 11.8 Å². The summed E-state index contributed by atoms with van der Waals surface area (Å²) in [7, 11) is 0. The molecule has 0 saturated carbocycles. The summed E-state index contributed by atoms with van der Waals surface area (Å²) in [6.45, 7) is 5.02. The van der Waals surface area contributed by atoms with Gasteiger partial charge in [0.05, 0.1) is 5.56 Å². The molecule has 0 radical (unpaired) electrons. The Bertz CT molecular complexity index is 784. The Hall–Kier alpha value is -2.67. The van der Waals surface area contributed by atoms with Crippen LogP contribution in [0.25, 0.3) is 10.4 Å². The molecule has 1 aromatic carbocycles. The average Bonchev–Trinajstić information content (AvgIpc) is 2.97. The number of benzene rings is 1. The fourth-order valence-electron chi connectivity index (χ4n) is 2.36. The van der Waals surface area contributed by atoms with Crippen LogP contribution < -0.4 is 16.4 Å². The first-order valence-corrected chi connectivity index (χ1v) is 8.68. The smallest absolute Gasteiger partial charge is 0.251 e. The topological polar surface area (TPSA) is 101 Å². The van der Waals surface area contributed by atoms with E-state index in [-0.39, 0.29) is 23.3 Å². The molecule has 25 heavy (non-hydrogen) atoms. The number of thiophene rings is 1. The lowest BCUT2D eigenvalue weighted by atomic mass is 10.0. The molecule has 1 unspecified atom stereocenters. The van der Waals surface area contributed by atoms with E-state index in [1.165, 1.54) is 18.3 Å². The van der Waals surface area contributed by atoms with E-state index < -0.39 is 11.9 Å². The van der Waals surface area contributed by atoms with Gasteiger partial charge in [-0.05, 0) is 17.5 Å². The first-order chi connectivity index (χ1) is 11.8. The first-order valence-electron chi connectivity index (χ1n) is 7.86. The number of hydrogen-bond acceptors (Lipinski definition) is 4. The van der Waals surface area contributed by atoms with Crippen LogP contribution in [0.15, 0.2) is 36.4 Å². The van der Waals surface area contributed by atoms with Crippen LogP contribution in [0.3, 0.4) is 0 Å². The standard InChI is InChI=1S/C18H21N3O3S/c1-10(2)15(20-11(3)22)17(24)21-18-13(16(19)23)9-14(25-18)12-7-5-4-6-8-12/h4-10,15H,1-3H3,(H2,19,23)(H,20,22)(H,21,24). The molecule has 0 aliphatic rings. The summed E-state index contributed by atoms with van der Waals surface area (Å²) < 4.78 is 0. The van der Waals surface area contributed by atoms with E-state index in [1.54, 1.807) is 6.07 Å². The molecular weight excluding hydrogens is 338 g/mol. The molecule has 132 valence electrons. The van der Waals surface area contributed by atoms with Gasteiger partial charge in [-0.1, -0.05) is 44.2 Å². The zero-order valence-corrected chi connectivity index (χ0v) is 15.1. The van der Waals surface area contributed by atoms with Gasteiger partial charge in [0.15, 0.2) is 0 Å². The second kappa shape index (κ2) is 7.94. The molecule has 0 saturated heterocycles. The van der Waals surface area contributed by atoms with Gasteiger partial charge in [0.25, 0.3) is 5.91 Å². The van der Waals surface area contributed by atoms with Crippen molar-refractivity contribution in [2.24, 2.45) is 11.7 Å². The minimum absolute atomic E-state index is 0.102. The highest BCUT2D eigenvalue weighted by Gasteiger charge is 2.25. The summed E-state index contributed by atoms with van der Waals surface area (Å²) in [5.74, 6) is -1.39. The number of hydrogen-bond donors (Lipinski definition) is 3. The highest BCUT2D eigenvalue weighted by molar-refractivity contribution is 7.20. The molecule has 0 aliphatic heterocycles. The Morgan fingerprint density at radius 1 is 1.12 bits per heavy atom. The molecule has 4 N–H and O–H groups in total. The van der Waals surface area contributed by atoms with E-state index in [1.807, 2.05) is 44.2 Å². The van der Waals surface area contributed by atoms with E-state index in [0.717, 1.165) is 10.4 Å². The van der Waals surface area contributed by atoms with Crippen molar-refractivity contribution in [3.05, 3.63) is 42.0 Å². The number of anilines is 1. The van der Waals surface area contributed by atoms with Crippen LogP contribution >= 0.6 is 11.3 Å². The summed E-state index contributed by atoms with van der Waals surface area (Å²) in [6, 6.07) is 10.5. The largest absolute Gasteiger partial charge is 0.366 e. The van der Waals surface area contributed by atoms with E-state index >= 15 is 0 Å². The highest BCUT2D eigenvalue weighted by atomic mass is 32.1. The number of rotatable bonds is 6. The van der Waals surface area contributed by atoms with Crippen molar-refractivity contribution >= 4 is 34.1 Å². The second-order valence-electron chi connectivity index (χ2n) is 6.00. The Morgan fingerprint density at radius 3 is 2.28 bits per heavy atom. The van der Waals surface area contributed by atoms with Crippen LogP contribution in [0.5, 0.6) is 0 Å². The van der Waals surface area contributed by atoms with Gasteiger partial charge >= 0.3 is 0 Å². The third kappa shape index (κ3) is 4.67. The summed E-state index contributed by atoms with van der Waals surface area (Å²) in [4.78, 5) is 36.4. The number of nitrogens with one attached hydrogen (secondary N) is 2. The monoisotopic (exact) mass is 359 g/mol. The fraction of sp³-hybridized carbons (Fsp3) is 0.278. The van der Waals surface area contributed by atoms with Crippen LogP contribution in [0.2, 0.25) is 0 Å². The van der Waals surface area contributed by atoms with E-state index in [4.69, 9.17) is 5.73 Å². The minimum atomic E-state index is -0.694. The fourth-order valence-corrected chi connectivity index (χ4v) is 3.43. The zero-order valence-electron chi connectivity index (χ0n) is 14.3. The van der Waals surface area contributed by atoms with E-state index in [9.17, 15) is 14.4 Å². The van der Waals surface area contributed by atoms with E-state index in [0.29, 0.717) is 5.00 Å². The summed E-state index contributed by atoms with van der Waals surface area (Å²) in [5.41, 5.74) is 6.63. The summed E-state index contributed by atoms with van der Waals surface area (Å²) in [6.07, 6.45) is 0. The Morgan fingerprint density at radius 2 is 1.76 bits per heavy atom. The van der Waals surface area contributed by atoms with Gasteiger partial charge in [-0.3, -0.25) is 14.4 Å². The number of carbonyl (C=O) groups is 3. The average molecular weight is 359 g/mol. The molecule has 0 bridgehead atoms. The predicted octanol–water partition coefficient (Wildman–Crippen LogP) is 2.61. The molecule has 0 spiro atoms. The third-order valence-corrected chi connectivity index (χ3v) is 4.70. The maximum Gasteiger partial charge on any atom is 0.251 e. The van der Waals surface area contributed by atoms with Crippen LogP contribution in [-0.4, -0.2) is 23.8 Å². The van der Waals surface area contributed by atoms with Gasteiger partial charge in [-0.15, -0.1) is 11.3 Å². The summed E-state index contributed by atoms with van der Waals surface area (Å²) in [5, 5.41) is 5.74. The molecule has 1 aromatic heterocycles. The van der Waals surface area contributed by atoms with Crippen molar-refractivity contribution in [1.82, 2.24) is 5.32 Å². The third-order valence-electron chi connectivity index (χ3n) is 3.60. The highest BCUT2D eigenvalue weighted by Crippen LogP contribution is 2.35. The van der Waals surface area contributed by atoms with Gasteiger partial charge in [0.2, 0.25) is 11.8 Å². The predicted molar refractivity (Wildman–Crippen MR) is 99.3 cm³/mol. The molecule has 2 aromatic rings. The van der Waals surface area contributed by atoms with Crippen LogP contribution in [0.1, 0.15) is 31.1 Å². The molecule has 0 aliphatic carbocycles. The molecule has 1 heterocycles. The maximum absolute atomic E-state index is 12.5. The number of primary amides is 1. The lowest BCUT2D eigenvalue weighted by molar-refractivity contribution is -0.126. The molecule has 3 amide bonds. The van der Waals surface area contributed by atoms with Crippen molar-refractivity contribution in [3.63, 3.8) is 0 Å².